The Morgan fingerprint density at radius 1 is 0.674 bits per heavy atom. The summed E-state index contributed by atoms with van der Waals surface area (Å²) in [4.78, 5) is 17.6. The normalized spacial score (nSPS) is 22.6. The van der Waals surface area contributed by atoms with Crippen LogP contribution in [0.15, 0.2) is 158 Å². The lowest BCUT2D eigenvalue weighted by Gasteiger charge is -2.54. The Bertz CT molecular complexity index is 1820. The minimum atomic E-state index is -0.745. The molecule has 0 aromatic heterocycles. The number of hydrogen-bond acceptors (Lipinski definition) is 2. The van der Waals surface area contributed by atoms with E-state index in [1.165, 1.54) is 11.1 Å². The summed E-state index contributed by atoms with van der Waals surface area (Å²) in [5.41, 5.74) is 7.50. The third-order valence-corrected chi connectivity index (χ3v) is 9.73. The van der Waals surface area contributed by atoms with Crippen molar-refractivity contribution in [2.24, 2.45) is 5.92 Å². The molecule has 0 radical (unpaired) electrons. The Labute approximate surface area is 254 Å². The molecule has 2 heteroatoms. The molecule has 7 rings (SSSR count). The molecule has 0 bridgehead atoms. The molecule has 1 aliphatic carbocycles. The number of ketones is 1. The van der Waals surface area contributed by atoms with E-state index >= 15 is 4.79 Å². The monoisotopic (exact) mass is 557 g/mol. The molecular weight excluding hydrogens is 522 g/mol. The number of fused-ring (bicyclic) bond motifs is 1. The maximum Gasteiger partial charge on any atom is 0.173 e. The summed E-state index contributed by atoms with van der Waals surface area (Å²) in [5.74, 6) is -0.352. The second-order valence-electron chi connectivity index (χ2n) is 11.6. The molecule has 0 amide bonds. The van der Waals surface area contributed by atoms with Gasteiger partial charge in [-0.15, -0.1) is 0 Å². The molecule has 0 saturated heterocycles. The highest BCUT2D eigenvalue weighted by Crippen LogP contribution is 2.64. The van der Waals surface area contributed by atoms with Gasteiger partial charge in [-0.25, -0.2) is 0 Å². The van der Waals surface area contributed by atoms with Crippen molar-refractivity contribution in [3.05, 3.63) is 186 Å². The fraction of sp³-hybridized carbons (Fsp3) is 0.146. The quantitative estimate of drug-likeness (QED) is 0.194. The lowest BCUT2D eigenvalue weighted by molar-refractivity contribution is 0.0885. The second kappa shape index (κ2) is 10.7. The maximum absolute atomic E-state index is 15.2. The van der Waals surface area contributed by atoms with Gasteiger partial charge in [-0.3, -0.25) is 4.79 Å². The largest absolute Gasteiger partial charge is 0.363 e. The Kier molecular flexibility index (Phi) is 6.70. The molecule has 2 nitrogen and oxygen atoms in total. The first-order valence-corrected chi connectivity index (χ1v) is 15.2. The number of carbonyl (C=O) groups is 1. The lowest BCUT2D eigenvalue weighted by atomic mass is 9.52. The Hall–Kier alpha value is -4.95. The fourth-order valence-corrected chi connectivity index (χ4v) is 7.91. The van der Waals surface area contributed by atoms with Crippen LogP contribution in [0.2, 0.25) is 0 Å². The van der Waals surface area contributed by atoms with E-state index in [1.807, 2.05) is 36.4 Å². The van der Waals surface area contributed by atoms with Crippen LogP contribution in [0.25, 0.3) is 11.1 Å². The average Bonchev–Trinajstić information content (AvgIpc) is 3.29. The van der Waals surface area contributed by atoms with Gasteiger partial charge in [-0.05, 0) is 58.0 Å². The molecule has 0 N–H and O–H groups in total. The Balaban J connectivity index is 1.64. The van der Waals surface area contributed by atoms with E-state index in [2.05, 4.69) is 140 Å². The van der Waals surface area contributed by atoms with Crippen molar-refractivity contribution in [1.82, 2.24) is 0 Å². The summed E-state index contributed by atoms with van der Waals surface area (Å²) in [7, 11) is 2.19. The van der Waals surface area contributed by atoms with Crippen LogP contribution in [0.1, 0.15) is 46.0 Å². The molecule has 5 aromatic rings. The first-order chi connectivity index (χ1) is 21.1. The first-order valence-electron chi connectivity index (χ1n) is 15.2. The zero-order valence-corrected chi connectivity index (χ0v) is 24.7. The van der Waals surface area contributed by atoms with Crippen LogP contribution < -0.4 is 4.90 Å². The molecule has 5 aromatic carbocycles. The molecule has 1 spiro atoms. The molecule has 3 unspecified atom stereocenters. The summed E-state index contributed by atoms with van der Waals surface area (Å²) in [6, 6.07) is 50.6. The molecule has 210 valence electrons. The van der Waals surface area contributed by atoms with E-state index < -0.39 is 16.9 Å². The second-order valence-corrected chi connectivity index (χ2v) is 11.6. The van der Waals surface area contributed by atoms with Crippen molar-refractivity contribution < 1.29 is 4.79 Å². The van der Waals surface area contributed by atoms with Crippen molar-refractivity contribution in [3.63, 3.8) is 0 Å². The van der Waals surface area contributed by atoms with Gasteiger partial charge in [0.15, 0.2) is 5.78 Å². The van der Waals surface area contributed by atoms with Crippen LogP contribution in [0.5, 0.6) is 0 Å². The van der Waals surface area contributed by atoms with Crippen LogP contribution in [-0.2, 0) is 5.41 Å². The number of hydrogen-bond donors (Lipinski definition) is 0. The highest BCUT2D eigenvalue weighted by molar-refractivity contribution is 6.10. The van der Waals surface area contributed by atoms with Gasteiger partial charge in [0.1, 0.15) is 0 Å². The SMILES string of the molecule is CCC1(c2ccccc2)c2ccccc2N(C)C12C=C(c1ccccc1)C=C(c1ccccc1)C2C(=O)c1ccccc1. The fourth-order valence-electron chi connectivity index (χ4n) is 7.91. The van der Waals surface area contributed by atoms with Gasteiger partial charge >= 0.3 is 0 Å². The van der Waals surface area contributed by atoms with E-state index in [1.54, 1.807) is 0 Å². The number of nitrogens with zero attached hydrogens (tertiary/aromatic N) is 1. The number of allylic oxidation sites excluding steroid dienone is 2. The van der Waals surface area contributed by atoms with Gasteiger partial charge in [0.05, 0.1) is 11.5 Å². The van der Waals surface area contributed by atoms with E-state index in [4.69, 9.17) is 0 Å². The predicted octanol–water partition coefficient (Wildman–Crippen LogP) is 9.25. The molecule has 2 aliphatic rings. The number of anilines is 1. The van der Waals surface area contributed by atoms with Crippen molar-refractivity contribution in [2.45, 2.75) is 24.3 Å². The number of likely N-dealkylation sites (N-methyl/N-ethyl adjacent to an activating group) is 1. The number of carbonyl (C=O) groups excluding carboxylic acids is 1. The molecule has 0 saturated carbocycles. The average molecular weight is 558 g/mol. The van der Waals surface area contributed by atoms with Crippen molar-refractivity contribution in [1.29, 1.82) is 0 Å². The summed E-state index contributed by atoms with van der Waals surface area (Å²) < 4.78 is 0. The highest BCUT2D eigenvalue weighted by Gasteiger charge is 2.66. The van der Waals surface area contributed by atoms with Crippen LogP contribution in [-0.4, -0.2) is 18.4 Å². The van der Waals surface area contributed by atoms with Crippen molar-refractivity contribution >= 4 is 22.6 Å². The minimum Gasteiger partial charge on any atom is -0.363 e. The molecule has 43 heavy (non-hydrogen) atoms. The molecule has 3 atom stereocenters. The van der Waals surface area contributed by atoms with Crippen LogP contribution in [0, 0.1) is 5.92 Å². The third kappa shape index (κ3) is 3.97. The highest BCUT2D eigenvalue weighted by atomic mass is 16.1. The maximum atomic E-state index is 15.2. The first kappa shape index (κ1) is 26.9. The molecule has 1 heterocycles. The summed E-state index contributed by atoms with van der Waals surface area (Å²) in [5, 5.41) is 0. The topological polar surface area (TPSA) is 20.3 Å². The number of para-hydroxylation sites is 1. The van der Waals surface area contributed by atoms with Gasteiger partial charge in [-0.1, -0.05) is 146 Å². The van der Waals surface area contributed by atoms with E-state index in [0.717, 1.165) is 39.9 Å². The van der Waals surface area contributed by atoms with Gasteiger partial charge in [0, 0.05) is 23.7 Å². The minimum absolute atomic E-state index is 0.132. The number of Topliss-reactive ketones (excluding diaryl/α,β-unsaturated/α-hetero) is 1. The third-order valence-electron chi connectivity index (χ3n) is 9.73. The van der Waals surface area contributed by atoms with Gasteiger partial charge in [-0.2, -0.15) is 0 Å². The van der Waals surface area contributed by atoms with E-state index in [9.17, 15) is 0 Å². The van der Waals surface area contributed by atoms with Crippen LogP contribution >= 0.6 is 0 Å². The number of rotatable bonds is 6. The smallest absolute Gasteiger partial charge is 0.173 e. The predicted molar refractivity (Wildman–Crippen MR) is 178 cm³/mol. The van der Waals surface area contributed by atoms with E-state index in [0.29, 0.717) is 0 Å². The molecular formula is C41H35NO. The number of benzene rings is 5. The van der Waals surface area contributed by atoms with Gasteiger partial charge < -0.3 is 4.90 Å². The summed E-state index contributed by atoms with van der Waals surface area (Å²) in [6.07, 6.45) is 5.51. The van der Waals surface area contributed by atoms with Crippen molar-refractivity contribution in [3.8, 4) is 0 Å². The molecule has 0 fully saturated rings. The zero-order valence-electron chi connectivity index (χ0n) is 24.7. The molecule has 1 aliphatic heterocycles. The standard InChI is InChI=1S/C41H35NO/c1-3-40(34-24-14-7-15-25-34)36-26-16-17-27-37(36)42(2)41(40)29-33(30-18-8-4-9-19-30)28-35(31-20-10-5-11-21-31)38(41)39(43)32-22-12-6-13-23-32/h4-29,38H,3H2,1-2H3. The van der Waals surface area contributed by atoms with Crippen LogP contribution in [0.3, 0.4) is 0 Å². The Morgan fingerprint density at radius 2 is 1.21 bits per heavy atom. The summed E-state index contributed by atoms with van der Waals surface area (Å²) >= 11 is 0. The van der Waals surface area contributed by atoms with E-state index in [-0.39, 0.29) is 5.78 Å². The van der Waals surface area contributed by atoms with Gasteiger partial charge in [0.25, 0.3) is 0 Å². The lowest BCUT2D eigenvalue weighted by Crippen LogP contribution is -2.63. The van der Waals surface area contributed by atoms with Crippen LogP contribution in [0.4, 0.5) is 5.69 Å². The summed E-state index contributed by atoms with van der Waals surface area (Å²) in [6.45, 7) is 2.28. The Morgan fingerprint density at radius 3 is 1.84 bits per heavy atom. The van der Waals surface area contributed by atoms with Gasteiger partial charge in [0.2, 0.25) is 0 Å². The van der Waals surface area contributed by atoms with Crippen molar-refractivity contribution in [2.75, 3.05) is 11.9 Å². The zero-order chi connectivity index (χ0) is 29.4.